The molecule has 2 aromatic carbocycles. The molecule has 2 saturated heterocycles. The lowest BCUT2D eigenvalue weighted by molar-refractivity contribution is -0.0486. The number of carbonyl (C=O) groups excluding carboxylic acids is 1. The number of likely N-dealkylation sites (tertiary alicyclic amines) is 1. The van der Waals surface area contributed by atoms with Crippen molar-refractivity contribution < 1.29 is 23.0 Å². The number of halogens is 2. The zero-order valence-corrected chi connectivity index (χ0v) is 22.0. The summed E-state index contributed by atoms with van der Waals surface area (Å²) in [6, 6.07) is 7.94. The van der Waals surface area contributed by atoms with Gasteiger partial charge in [-0.3, -0.25) is 9.36 Å². The standard InChI is InChI=1S/C28H29F2N5O4/c1-27(2,3)39-26(37)34-10-8-28(9-11-34)13-18(15-38-28)35-16-32-23-7-4-17(12-19(23)25(35)36)33-24-20(14-31)21(29)5-6-22(24)30/h4-7,12,16,18,33H,8-11,13,15H2,1-3H3/t18-/m1/s1. The topological polar surface area (TPSA) is 109 Å². The number of carbonyl (C=O) groups is 1. The van der Waals surface area contributed by atoms with E-state index in [0.717, 1.165) is 12.1 Å². The Morgan fingerprint density at radius 2 is 1.92 bits per heavy atom. The van der Waals surface area contributed by atoms with Gasteiger partial charge in [-0.1, -0.05) is 0 Å². The molecule has 2 fully saturated rings. The number of hydrogen-bond donors (Lipinski definition) is 1. The molecule has 5 rings (SSSR count). The highest BCUT2D eigenvalue weighted by molar-refractivity contribution is 5.83. The third kappa shape index (κ3) is 5.29. The molecule has 39 heavy (non-hydrogen) atoms. The van der Waals surface area contributed by atoms with E-state index in [1.807, 2.05) is 20.8 Å². The van der Waals surface area contributed by atoms with E-state index in [2.05, 4.69) is 10.3 Å². The maximum absolute atomic E-state index is 14.4. The van der Waals surface area contributed by atoms with E-state index in [-0.39, 0.29) is 23.4 Å². The Balaban J connectivity index is 1.34. The van der Waals surface area contributed by atoms with Gasteiger partial charge in [0.25, 0.3) is 5.56 Å². The molecule has 1 amide bonds. The van der Waals surface area contributed by atoms with Crippen LogP contribution in [0.25, 0.3) is 10.9 Å². The van der Waals surface area contributed by atoms with Crippen molar-refractivity contribution >= 4 is 28.4 Å². The Morgan fingerprint density at radius 3 is 2.62 bits per heavy atom. The molecule has 1 atom stereocenters. The summed E-state index contributed by atoms with van der Waals surface area (Å²) in [5.74, 6) is -1.64. The Morgan fingerprint density at radius 1 is 1.21 bits per heavy atom. The van der Waals surface area contributed by atoms with Crippen LogP contribution >= 0.6 is 0 Å². The summed E-state index contributed by atoms with van der Waals surface area (Å²) < 4.78 is 41.6. The first-order chi connectivity index (χ1) is 18.5. The molecule has 9 nitrogen and oxygen atoms in total. The summed E-state index contributed by atoms with van der Waals surface area (Å²) >= 11 is 0. The average Bonchev–Trinajstić information content (AvgIpc) is 3.29. The second kappa shape index (κ2) is 9.93. The van der Waals surface area contributed by atoms with Crippen molar-refractivity contribution in [3.05, 3.63) is 64.2 Å². The fraction of sp³-hybridized carbons (Fsp3) is 0.429. The fourth-order valence-corrected chi connectivity index (χ4v) is 5.17. The second-order valence-corrected chi connectivity index (χ2v) is 11.0. The van der Waals surface area contributed by atoms with E-state index in [4.69, 9.17) is 9.47 Å². The molecule has 1 spiro atoms. The maximum Gasteiger partial charge on any atom is 0.410 e. The molecule has 204 valence electrons. The number of fused-ring (bicyclic) bond motifs is 1. The minimum Gasteiger partial charge on any atom is -0.444 e. The monoisotopic (exact) mass is 537 g/mol. The van der Waals surface area contributed by atoms with Crippen LogP contribution in [0.5, 0.6) is 0 Å². The molecule has 2 aliphatic heterocycles. The molecular weight excluding hydrogens is 508 g/mol. The van der Waals surface area contributed by atoms with Gasteiger partial charge in [0.05, 0.1) is 41.2 Å². The van der Waals surface area contributed by atoms with E-state index in [1.165, 1.54) is 12.4 Å². The first kappa shape index (κ1) is 26.6. The molecule has 2 aliphatic rings. The zero-order valence-electron chi connectivity index (χ0n) is 22.0. The number of aromatic nitrogens is 2. The fourth-order valence-electron chi connectivity index (χ4n) is 5.17. The molecule has 0 aliphatic carbocycles. The van der Waals surface area contributed by atoms with E-state index in [9.17, 15) is 23.6 Å². The molecule has 11 heteroatoms. The normalized spacial score (nSPS) is 18.8. The maximum atomic E-state index is 14.4. The van der Waals surface area contributed by atoms with Crippen molar-refractivity contribution in [3.8, 4) is 6.07 Å². The van der Waals surface area contributed by atoms with Crippen LogP contribution in [0.3, 0.4) is 0 Å². The van der Waals surface area contributed by atoms with Gasteiger partial charge >= 0.3 is 6.09 Å². The van der Waals surface area contributed by atoms with Gasteiger partial charge in [-0.05, 0) is 70.4 Å². The first-order valence-corrected chi connectivity index (χ1v) is 12.8. The van der Waals surface area contributed by atoms with Crippen molar-refractivity contribution in [2.75, 3.05) is 25.0 Å². The second-order valence-electron chi connectivity index (χ2n) is 11.0. The highest BCUT2D eigenvalue weighted by Crippen LogP contribution is 2.40. The number of ether oxygens (including phenoxy) is 2. The number of nitriles is 1. The van der Waals surface area contributed by atoms with Gasteiger partial charge in [0.15, 0.2) is 0 Å². The number of rotatable bonds is 3. The first-order valence-electron chi connectivity index (χ1n) is 12.8. The lowest BCUT2D eigenvalue weighted by Gasteiger charge is -2.39. The van der Waals surface area contributed by atoms with Crippen molar-refractivity contribution in [2.45, 2.75) is 57.3 Å². The highest BCUT2D eigenvalue weighted by Gasteiger charge is 2.44. The summed E-state index contributed by atoms with van der Waals surface area (Å²) in [6.45, 7) is 6.83. The molecule has 0 bridgehead atoms. The summed E-state index contributed by atoms with van der Waals surface area (Å²) in [7, 11) is 0. The van der Waals surface area contributed by atoms with E-state index >= 15 is 0 Å². The lowest BCUT2D eigenvalue weighted by Crippen LogP contribution is -2.48. The van der Waals surface area contributed by atoms with Gasteiger partial charge in [-0.15, -0.1) is 0 Å². The van der Waals surface area contributed by atoms with Gasteiger partial charge in [0.1, 0.15) is 28.9 Å². The molecule has 3 aromatic rings. The number of benzene rings is 2. The van der Waals surface area contributed by atoms with Gasteiger partial charge in [-0.25, -0.2) is 18.6 Å². The SMILES string of the molecule is CC(C)(C)OC(=O)N1CCC2(CC1)C[C@@H](n1cnc3ccc(Nc4c(F)ccc(F)c4C#N)cc3c1=O)CO2. The van der Waals surface area contributed by atoms with Crippen LogP contribution in [0, 0.1) is 23.0 Å². The minimum atomic E-state index is -0.849. The smallest absolute Gasteiger partial charge is 0.410 e. The predicted molar refractivity (Wildman–Crippen MR) is 140 cm³/mol. The van der Waals surface area contributed by atoms with Gasteiger partial charge in [0.2, 0.25) is 0 Å². The van der Waals surface area contributed by atoms with Crippen LogP contribution in [0.1, 0.15) is 51.6 Å². The van der Waals surface area contributed by atoms with Crippen LogP contribution in [-0.4, -0.2) is 51.4 Å². The number of anilines is 2. The molecule has 1 N–H and O–H groups in total. The zero-order chi connectivity index (χ0) is 27.9. The number of piperidine rings is 1. The Kier molecular flexibility index (Phi) is 6.76. The lowest BCUT2D eigenvalue weighted by atomic mass is 9.87. The summed E-state index contributed by atoms with van der Waals surface area (Å²) in [6.07, 6.45) is 3.02. The minimum absolute atomic E-state index is 0.245. The molecule has 0 radical (unpaired) electrons. The number of hydrogen-bond acceptors (Lipinski definition) is 7. The third-order valence-corrected chi connectivity index (χ3v) is 7.18. The third-order valence-electron chi connectivity index (χ3n) is 7.18. The number of amides is 1. The summed E-state index contributed by atoms with van der Waals surface area (Å²) in [5, 5.41) is 12.3. The van der Waals surface area contributed by atoms with E-state index < -0.39 is 28.4 Å². The molecule has 1 aromatic heterocycles. The van der Waals surface area contributed by atoms with Crippen molar-refractivity contribution in [3.63, 3.8) is 0 Å². The summed E-state index contributed by atoms with van der Waals surface area (Å²) in [4.78, 5) is 32.0. The molecule has 3 heterocycles. The van der Waals surface area contributed by atoms with E-state index in [0.29, 0.717) is 55.5 Å². The van der Waals surface area contributed by atoms with Gasteiger partial charge in [0, 0.05) is 18.8 Å². The van der Waals surface area contributed by atoms with Crippen LogP contribution in [0.2, 0.25) is 0 Å². The summed E-state index contributed by atoms with van der Waals surface area (Å²) in [5.41, 5.74) is -1.29. The van der Waals surface area contributed by atoms with Crippen molar-refractivity contribution in [1.82, 2.24) is 14.5 Å². The van der Waals surface area contributed by atoms with Crippen LogP contribution < -0.4 is 10.9 Å². The Bertz CT molecular complexity index is 1530. The largest absolute Gasteiger partial charge is 0.444 e. The average molecular weight is 538 g/mol. The number of nitrogens with zero attached hydrogens (tertiary/aromatic N) is 4. The van der Waals surface area contributed by atoms with Crippen LogP contribution in [0.4, 0.5) is 25.0 Å². The molecular formula is C28H29F2N5O4. The van der Waals surface area contributed by atoms with Gasteiger partial charge < -0.3 is 19.7 Å². The van der Waals surface area contributed by atoms with Crippen molar-refractivity contribution in [1.29, 1.82) is 5.26 Å². The molecule has 0 unspecified atom stereocenters. The van der Waals surface area contributed by atoms with Crippen LogP contribution in [0.15, 0.2) is 41.5 Å². The Hall–Kier alpha value is -4.04. The quantitative estimate of drug-likeness (QED) is 0.500. The Labute approximate surface area is 224 Å². The predicted octanol–water partition coefficient (Wildman–Crippen LogP) is 5.02. The van der Waals surface area contributed by atoms with Gasteiger partial charge in [-0.2, -0.15) is 5.26 Å². The van der Waals surface area contributed by atoms with E-state index in [1.54, 1.807) is 27.7 Å². The highest BCUT2D eigenvalue weighted by atomic mass is 19.1. The number of nitrogens with one attached hydrogen (secondary N) is 1. The molecule has 0 saturated carbocycles. The van der Waals surface area contributed by atoms with Crippen LogP contribution in [-0.2, 0) is 9.47 Å². The van der Waals surface area contributed by atoms with Crippen molar-refractivity contribution in [2.24, 2.45) is 0 Å².